The van der Waals surface area contributed by atoms with Gasteiger partial charge in [0.1, 0.15) is 5.75 Å². The van der Waals surface area contributed by atoms with E-state index in [9.17, 15) is 0 Å². The van der Waals surface area contributed by atoms with Gasteiger partial charge in [-0.25, -0.2) is 0 Å². The summed E-state index contributed by atoms with van der Waals surface area (Å²) in [6.45, 7) is 2.58. The van der Waals surface area contributed by atoms with Gasteiger partial charge in [-0.2, -0.15) is 0 Å². The van der Waals surface area contributed by atoms with Crippen LogP contribution in [-0.2, 0) is 0 Å². The number of hydrogen-bond donors (Lipinski definition) is 1. The van der Waals surface area contributed by atoms with Crippen molar-refractivity contribution in [1.82, 2.24) is 0 Å². The monoisotopic (exact) mass is 213 g/mol. The normalized spacial score (nSPS) is 10.1. The standard InChI is InChI=1S/C14H15NO/c1-2-16-14-12(9-6-10-13(14)15)11-7-4-3-5-8-11/h3-10H,2,15H2,1H3. The zero-order chi connectivity index (χ0) is 11.4. The van der Waals surface area contributed by atoms with Crippen LogP contribution in [0.3, 0.4) is 0 Å². The molecule has 0 aliphatic heterocycles. The van der Waals surface area contributed by atoms with Gasteiger partial charge in [0.2, 0.25) is 0 Å². The summed E-state index contributed by atoms with van der Waals surface area (Å²) in [6.07, 6.45) is 0. The van der Waals surface area contributed by atoms with Gasteiger partial charge in [0.15, 0.2) is 0 Å². The minimum atomic E-state index is 0.619. The molecule has 0 fully saturated rings. The molecule has 2 aromatic carbocycles. The van der Waals surface area contributed by atoms with Crippen LogP contribution in [0.5, 0.6) is 5.75 Å². The summed E-state index contributed by atoms with van der Waals surface area (Å²) in [4.78, 5) is 0. The van der Waals surface area contributed by atoms with E-state index in [0.717, 1.165) is 16.9 Å². The first-order chi connectivity index (χ1) is 7.83. The van der Waals surface area contributed by atoms with Gasteiger partial charge in [-0.15, -0.1) is 0 Å². The molecule has 0 saturated heterocycles. The van der Waals surface area contributed by atoms with Gasteiger partial charge in [0.25, 0.3) is 0 Å². The van der Waals surface area contributed by atoms with Gasteiger partial charge in [-0.3, -0.25) is 0 Å². The maximum Gasteiger partial charge on any atom is 0.149 e. The first-order valence-corrected chi connectivity index (χ1v) is 5.39. The molecule has 2 aromatic rings. The topological polar surface area (TPSA) is 35.2 Å². The lowest BCUT2D eigenvalue weighted by Gasteiger charge is -2.12. The summed E-state index contributed by atoms with van der Waals surface area (Å²) in [5, 5.41) is 0. The molecule has 0 atom stereocenters. The molecule has 2 N–H and O–H groups in total. The second-order valence-corrected chi connectivity index (χ2v) is 3.52. The average Bonchev–Trinajstić information content (AvgIpc) is 2.33. The fourth-order valence-corrected chi connectivity index (χ4v) is 1.71. The highest BCUT2D eigenvalue weighted by Gasteiger charge is 2.08. The van der Waals surface area contributed by atoms with Crippen LogP contribution < -0.4 is 10.5 Å². The Labute approximate surface area is 95.7 Å². The van der Waals surface area contributed by atoms with Crippen molar-refractivity contribution >= 4 is 5.69 Å². The Hall–Kier alpha value is -1.96. The van der Waals surface area contributed by atoms with Gasteiger partial charge in [-0.1, -0.05) is 42.5 Å². The predicted molar refractivity (Wildman–Crippen MR) is 67.5 cm³/mol. The van der Waals surface area contributed by atoms with Crippen LogP contribution >= 0.6 is 0 Å². The summed E-state index contributed by atoms with van der Waals surface area (Å²) in [6, 6.07) is 15.9. The average molecular weight is 213 g/mol. The summed E-state index contributed by atoms with van der Waals surface area (Å²) < 4.78 is 5.60. The number of nitrogen functional groups attached to an aromatic ring is 1. The highest BCUT2D eigenvalue weighted by atomic mass is 16.5. The first kappa shape index (κ1) is 10.6. The van der Waals surface area contributed by atoms with Crippen molar-refractivity contribution in [2.45, 2.75) is 6.92 Å². The summed E-state index contributed by atoms with van der Waals surface area (Å²) in [5.74, 6) is 0.774. The van der Waals surface area contributed by atoms with Crippen LogP contribution in [0.4, 0.5) is 5.69 Å². The number of nitrogens with two attached hydrogens (primary N) is 1. The minimum Gasteiger partial charge on any atom is -0.491 e. The second-order valence-electron chi connectivity index (χ2n) is 3.52. The van der Waals surface area contributed by atoms with Crippen molar-refractivity contribution in [3.63, 3.8) is 0 Å². The Morgan fingerprint density at radius 3 is 2.44 bits per heavy atom. The van der Waals surface area contributed by atoms with E-state index in [-0.39, 0.29) is 0 Å². The molecule has 16 heavy (non-hydrogen) atoms. The molecular weight excluding hydrogens is 198 g/mol. The first-order valence-electron chi connectivity index (χ1n) is 5.39. The smallest absolute Gasteiger partial charge is 0.149 e. The van der Waals surface area contributed by atoms with Gasteiger partial charge in [0, 0.05) is 5.56 Å². The van der Waals surface area contributed by atoms with Gasteiger partial charge in [-0.05, 0) is 18.6 Å². The molecule has 2 heteroatoms. The molecule has 2 rings (SSSR count). The van der Waals surface area contributed by atoms with E-state index in [2.05, 4.69) is 12.1 Å². The highest BCUT2D eigenvalue weighted by molar-refractivity contribution is 5.77. The maximum atomic E-state index is 5.92. The third-order valence-electron chi connectivity index (χ3n) is 2.42. The minimum absolute atomic E-state index is 0.619. The van der Waals surface area contributed by atoms with Crippen LogP contribution in [0.15, 0.2) is 48.5 Å². The molecule has 0 heterocycles. The molecular formula is C14H15NO. The van der Waals surface area contributed by atoms with Gasteiger partial charge < -0.3 is 10.5 Å². The maximum absolute atomic E-state index is 5.92. The number of rotatable bonds is 3. The van der Waals surface area contributed by atoms with Gasteiger partial charge in [0.05, 0.1) is 12.3 Å². The van der Waals surface area contributed by atoms with E-state index in [0.29, 0.717) is 12.3 Å². The van der Waals surface area contributed by atoms with Crippen LogP contribution in [0, 0.1) is 0 Å². The summed E-state index contributed by atoms with van der Waals surface area (Å²) in [7, 11) is 0. The molecule has 0 spiro atoms. The SMILES string of the molecule is CCOc1c(N)cccc1-c1ccccc1. The molecule has 0 amide bonds. The van der Waals surface area contributed by atoms with Crippen LogP contribution in [-0.4, -0.2) is 6.61 Å². The van der Waals surface area contributed by atoms with E-state index < -0.39 is 0 Å². The number of benzene rings is 2. The van der Waals surface area contributed by atoms with E-state index in [1.165, 1.54) is 0 Å². The lowest BCUT2D eigenvalue weighted by Crippen LogP contribution is -1.98. The number of hydrogen-bond acceptors (Lipinski definition) is 2. The summed E-state index contributed by atoms with van der Waals surface area (Å²) in [5.41, 5.74) is 8.77. The Morgan fingerprint density at radius 1 is 1.00 bits per heavy atom. The zero-order valence-corrected chi connectivity index (χ0v) is 9.31. The Kier molecular flexibility index (Phi) is 3.10. The predicted octanol–water partition coefficient (Wildman–Crippen LogP) is 3.33. The third kappa shape index (κ3) is 2.01. The van der Waals surface area contributed by atoms with Crippen molar-refractivity contribution in [3.8, 4) is 16.9 Å². The third-order valence-corrected chi connectivity index (χ3v) is 2.42. The van der Waals surface area contributed by atoms with E-state index in [1.54, 1.807) is 0 Å². The fraction of sp³-hybridized carbons (Fsp3) is 0.143. The molecule has 82 valence electrons. The van der Waals surface area contributed by atoms with Crippen LogP contribution in [0.25, 0.3) is 11.1 Å². The van der Waals surface area contributed by atoms with E-state index in [4.69, 9.17) is 10.5 Å². The fourth-order valence-electron chi connectivity index (χ4n) is 1.71. The van der Waals surface area contributed by atoms with Crippen molar-refractivity contribution in [1.29, 1.82) is 0 Å². The van der Waals surface area contributed by atoms with Crippen molar-refractivity contribution < 1.29 is 4.74 Å². The van der Waals surface area contributed by atoms with E-state index in [1.807, 2.05) is 43.3 Å². The second kappa shape index (κ2) is 4.71. The molecule has 0 aliphatic rings. The number of ether oxygens (including phenoxy) is 1. The van der Waals surface area contributed by atoms with Crippen LogP contribution in [0.2, 0.25) is 0 Å². The van der Waals surface area contributed by atoms with Crippen molar-refractivity contribution in [2.75, 3.05) is 12.3 Å². The zero-order valence-electron chi connectivity index (χ0n) is 9.31. The highest BCUT2D eigenvalue weighted by Crippen LogP contribution is 2.34. The largest absolute Gasteiger partial charge is 0.491 e. The van der Waals surface area contributed by atoms with Gasteiger partial charge >= 0.3 is 0 Å². The Morgan fingerprint density at radius 2 is 1.75 bits per heavy atom. The Bertz CT molecular complexity index is 465. The molecule has 0 aromatic heterocycles. The molecule has 0 saturated carbocycles. The lowest BCUT2D eigenvalue weighted by atomic mass is 10.0. The molecule has 0 radical (unpaired) electrons. The molecule has 0 unspecified atom stereocenters. The van der Waals surface area contributed by atoms with Crippen LogP contribution in [0.1, 0.15) is 6.92 Å². The molecule has 0 aliphatic carbocycles. The molecule has 2 nitrogen and oxygen atoms in total. The number of para-hydroxylation sites is 1. The Balaban J connectivity index is 2.52. The van der Waals surface area contributed by atoms with Crippen molar-refractivity contribution in [3.05, 3.63) is 48.5 Å². The van der Waals surface area contributed by atoms with Crippen molar-refractivity contribution in [2.24, 2.45) is 0 Å². The molecule has 0 bridgehead atoms. The van der Waals surface area contributed by atoms with E-state index >= 15 is 0 Å². The quantitative estimate of drug-likeness (QED) is 0.794. The lowest BCUT2D eigenvalue weighted by molar-refractivity contribution is 0.343. The summed E-state index contributed by atoms with van der Waals surface area (Å²) >= 11 is 0. The number of anilines is 1.